The Morgan fingerprint density at radius 1 is 1.32 bits per heavy atom. The van der Waals surface area contributed by atoms with E-state index in [1.54, 1.807) is 23.2 Å². The third-order valence-corrected chi connectivity index (χ3v) is 5.10. The maximum absolute atomic E-state index is 12.4. The number of aliphatic hydroxyl groups excluding tert-OH is 1. The molecule has 0 aliphatic carbocycles. The molecule has 0 radical (unpaired) electrons. The van der Waals surface area contributed by atoms with Crippen LogP contribution < -0.4 is 5.32 Å². The van der Waals surface area contributed by atoms with Crippen LogP contribution in [0.3, 0.4) is 0 Å². The summed E-state index contributed by atoms with van der Waals surface area (Å²) in [4.78, 5) is 18.4. The van der Waals surface area contributed by atoms with Gasteiger partial charge in [0.15, 0.2) is 0 Å². The largest absolute Gasteiger partial charge is 0.387 e. The third-order valence-electron chi connectivity index (χ3n) is 4.67. The number of nitrogens with one attached hydrogen (secondary N) is 1. The van der Waals surface area contributed by atoms with Gasteiger partial charge in [0, 0.05) is 30.0 Å². The van der Waals surface area contributed by atoms with Gasteiger partial charge in [0.2, 0.25) is 0 Å². The van der Waals surface area contributed by atoms with E-state index in [0.717, 1.165) is 24.1 Å². The Morgan fingerprint density at radius 3 is 2.72 bits per heavy atom. The number of halogens is 1. The van der Waals surface area contributed by atoms with Gasteiger partial charge in [-0.3, -0.25) is 4.98 Å². The van der Waals surface area contributed by atoms with Gasteiger partial charge in [-0.15, -0.1) is 0 Å². The van der Waals surface area contributed by atoms with Gasteiger partial charge in [0.05, 0.1) is 11.8 Å². The van der Waals surface area contributed by atoms with Crippen LogP contribution in [0.4, 0.5) is 10.5 Å². The Kier molecular flexibility index (Phi) is 5.56. The summed E-state index contributed by atoms with van der Waals surface area (Å²) in [6.45, 7) is 3.14. The van der Waals surface area contributed by atoms with Crippen LogP contribution in [-0.2, 0) is 0 Å². The molecule has 6 heteroatoms. The minimum atomic E-state index is -0.578. The Hall–Kier alpha value is -2.11. The van der Waals surface area contributed by atoms with Crippen molar-refractivity contribution in [1.29, 1.82) is 0 Å². The molecule has 2 heterocycles. The van der Waals surface area contributed by atoms with E-state index in [4.69, 9.17) is 11.6 Å². The average Bonchev–Trinajstić information content (AvgIpc) is 2.65. The normalized spacial score (nSPS) is 16.5. The number of carbonyl (C=O) groups is 1. The molecule has 2 amide bonds. The molecule has 1 aromatic heterocycles. The Bertz CT molecular complexity index is 731. The van der Waals surface area contributed by atoms with E-state index in [-0.39, 0.29) is 11.9 Å². The fourth-order valence-corrected chi connectivity index (χ4v) is 3.25. The number of rotatable bonds is 3. The highest BCUT2D eigenvalue weighted by atomic mass is 35.5. The van der Waals surface area contributed by atoms with E-state index in [9.17, 15) is 9.90 Å². The molecule has 132 valence electrons. The van der Waals surface area contributed by atoms with Crippen molar-refractivity contribution in [2.45, 2.75) is 25.9 Å². The molecule has 1 fully saturated rings. The summed E-state index contributed by atoms with van der Waals surface area (Å²) in [5.41, 5.74) is 2.36. The van der Waals surface area contributed by atoms with E-state index >= 15 is 0 Å². The van der Waals surface area contributed by atoms with Crippen molar-refractivity contribution >= 4 is 23.3 Å². The third kappa shape index (κ3) is 4.30. The number of aryl methyl sites for hydroxylation is 1. The van der Waals surface area contributed by atoms with Gasteiger partial charge in [-0.25, -0.2) is 4.79 Å². The fraction of sp³-hybridized carbons (Fsp3) is 0.368. The zero-order chi connectivity index (χ0) is 17.8. The van der Waals surface area contributed by atoms with Crippen molar-refractivity contribution in [3.05, 3.63) is 58.9 Å². The standard InChI is InChI=1S/C19H22ClN3O2/c1-13-12-15(5-6-16(13)20)22-19(25)23-10-7-14(8-11-23)18(24)17-4-2-3-9-21-17/h2-6,9,12,14,18,24H,7-8,10-11H2,1H3,(H,22,25)/t18-/m1/s1. The number of likely N-dealkylation sites (tertiary alicyclic amines) is 1. The van der Waals surface area contributed by atoms with Gasteiger partial charge in [-0.1, -0.05) is 17.7 Å². The van der Waals surface area contributed by atoms with Crippen molar-refractivity contribution in [3.63, 3.8) is 0 Å². The maximum Gasteiger partial charge on any atom is 0.321 e. The van der Waals surface area contributed by atoms with Crippen LogP contribution >= 0.6 is 11.6 Å². The lowest BCUT2D eigenvalue weighted by atomic mass is 9.89. The second-order valence-corrected chi connectivity index (χ2v) is 6.83. The molecule has 1 saturated heterocycles. The first-order chi connectivity index (χ1) is 12.0. The molecule has 0 spiro atoms. The molecule has 1 aliphatic heterocycles. The zero-order valence-corrected chi connectivity index (χ0v) is 14.9. The van der Waals surface area contributed by atoms with Crippen molar-refractivity contribution in [2.24, 2.45) is 5.92 Å². The number of aromatic nitrogens is 1. The molecular formula is C19H22ClN3O2. The summed E-state index contributed by atoms with van der Waals surface area (Å²) < 4.78 is 0. The van der Waals surface area contributed by atoms with Crippen LogP contribution in [0.2, 0.25) is 5.02 Å². The molecule has 2 aromatic rings. The number of aliphatic hydroxyl groups is 1. The number of piperidine rings is 1. The number of pyridine rings is 1. The first-order valence-electron chi connectivity index (χ1n) is 8.45. The molecule has 2 N–H and O–H groups in total. The van der Waals surface area contributed by atoms with E-state index in [1.807, 2.05) is 31.2 Å². The highest BCUT2D eigenvalue weighted by Crippen LogP contribution is 2.30. The van der Waals surface area contributed by atoms with Gasteiger partial charge in [-0.05, 0) is 61.6 Å². The first-order valence-corrected chi connectivity index (χ1v) is 8.83. The van der Waals surface area contributed by atoms with E-state index < -0.39 is 6.10 Å². The van der Waals surface area contributed by atoms with Gasteiger partial charge in [0.1, 0.15) is 0 Å². The zero-order valence-electron chi connectivity index (χ0n) is 14.2. The van der Waals surface area contributed by atoms with Gasteiger partial charge >= 0.3 is 6.03 Å². The van der Waals surface area contributed by atoms with Crippen molar-refractivity contribution < 1.29 is 9.90 Å². The number of amides is 2. The summed E-state index contributed by atoms with van der Waals surface area (Å²) in [6.07, 6.45) is 2.62. The van der Waals surface area contributed by atoms with Gasteiger partial charge in [-0.2, -0.15) is 0 Å². The summed E-state index contributed by atoms with van der Waals surface area (Å²) in [7, 11) is 0. The summed E-state index contributed by atoms with van der Waals surface area (Å²) in [6, 6.07) is 10.9. The van der Waals surface area contributed by atoms with E-state index in [0.29, 0.717) is 23.8 Å². The quantitative estimate of drug-likeness (QED) is 0.869. The van der Waals surface area contributed by atoms with Crippen LogP contribution in [0.25, 0.3) is 0 Å². The maximum atomic E-state index is 12.4. The minimum absolute atomic E-state index is 0.118. The van der Waals surface area contributed by atoms with Gasteiger partial charge in [0.25, 0.3) is 0 Å². The number of carbonyl (C=O) groups excluding carboxylic acids is 1. The van der Waals surface area contributed by atoms with Crippen molar-refractivity contribution in [3.8, 4) is 0 Å². The van der Waals surface area contributed by atoms with Crippen molar-refractivity contribution in [2.75, 3.05) is 18.4 Å². The number of benzene rings is 1. The fourth-order valence-electron chi connectivity index (χ4n) is 3.14. The van der Waals surface area contributed by atoms with Crippen LogP contribution in [-0.4, -0.2) is 34.1 Å². The van der Waals surface area contributed by atoms with Crippen LogP contribution in [0, 0.1) is 12.8 Å². The summed E-state index contributed by atoms with van der Waals surface area (Å²) >= 11 is 6.01. The second-order valence-electron chi connectivity index (χ2n) is 6.42. The number of hydrogen-bond donors (Lipinski definition) is 2. The second kappa shape index (κ2) is 7.85. The number of anilines is 1. The topological polar surface area (TPSA) is 65.5 Å². The van der Waals surface area contributed by atoms with Crippen molar-refractivity contribution in [1.82, 2.24) is 9.88 Å². The molecule has 25 heavy (non-hydrogen) atoms. The number of nitrogens with zero attached hydrogens (tertiary/aromatic N) is 2. The lowest BCUT2D eigenvalue weighted by molar-refractivity contribution is 0.0652. The lowest BCUT2D eigenvalue weighted by Gasteiger charge is -2.34. The van der Waals surface area contributed by atoms with Crippen LogP contribution in [0.1, 0.15) is 30.2 Å². The number of urea groups is 1. The molecule has 0 unspecified atom stereocenters. The molecule has 1 aromatic carbocycles. The predicted molar refractivity (Wildman–Crippen MR) is 98.7 cm³/mol. The molecule has 3 rings (SSSR count). The van der Waals surface area contributed by atoms with Crippen LogP contribution in [0.15, 0.2) is 42.6 Å². The average molecular weight is 360 g/mol. The van der Waals surface area contributed by atoms with E-state index in [1.165, 1.54) is 0 Å². The first kappa shape index (κ1) is 17.7. The van der Waals surface area contributed by atoms with Crippen LogP contribution in [0.5, 0.6) is 0 Å². The monoisotopic (exact) mass is 359 g/mol. The Labute approximate surface area is 152 Å². The molecule has 5 nitrogen and oxygen atoms in total. The van der Waals surface area contributed by atoms with E-state index in [2.05, 4.69) is 10.3 Å². The highest BCUT2D eigenvalue weighted by Gasteiger charge is 2.28. The Balaban J connectivity index is 1.54. The molecule has 1 aliphatic rings. The highest BCUT2D eigenvalue weighted by molar-refractivity contribution is 6.31. The molecule has 1 atom stereocenters. The molecular weight excluding hydrogens is 338 g/mol. The summed E-state index contributed by atoms with van der Waals surface area (Å²) in [5, 5.41) is 14.1. The number of hydrogen-bond acceptors (Lipinski definition) is 3. The predicted octanol–water partition coefficient (Wildman–Crippen LogP) is 4.02. The molecule has 0 bridgehead atoms. The minimum Gasteiger partial charge on any atom is -0.387 e. The van der Waals surface area contributed by atoms with Gasteiger partial charge < -0.3 is 15.3 Å². The smallest absolute Gasteiger partial charge is 0.321 e. The molecule has 0 saturated carbocycles. The summed E-state index contributed by atoms with van der Waals surface area (Å²) in [5.74, 6) is 0.122. The lowest BCUT2D eigenvalue weighted by Crippen LogP contribution is -2.42. The Morgan fingerprint density at radius 2 is 2.08 bits per heavy atom. The SMILES string of the molecule is Cc1cc(NC(=O)N2CCC([C@@H](O)c3ccccn3)CC2)ccc1Cl.